The molecule has 2 aromatic carbocycles. The van der Waals surface area contributed by atoms with Crippen molar-refractivity contribution in [3.8, 4) is 11.5 Å². The first kappa shape index (κ1) is 17.3. The van der Waals surface area contributed by atoms with Gasteiger partial charge in [0.1, 0.15) is 13.2 Å². The molecule has 1 N–H and O–H groups in total. The molecule has 8 heteroatoms. The molecule has 0 fully saturated rings. The monoisotopic (exact) mass is 379 g/mol. The smallest absolute Gasteiger partial charge is 0.264 e. The lowest BCUT2D eigenvalue weighted by Crippen LogP contribution is -2.28. The fourth-order valence-electron chi connectivity index (χ4n) is 2.17. The summed E-state index contributed by atoms with van der Waals surface area (Å²) in [6.07, 6.45) is 2.63. The van der Waals surface area contributed by atoms with Crippen LogP contribution in [-0.2, 0) is 14.8 Å². The molecule has 3 rings (SSSR count). The molecule has 0 aliphatic carbocycles. The molecule has 1 aliphatic rings. The van der Waals surface area contributed by atoms with Crippen LogP contribution < -0.4 is 14.2 Å². The van der Waals surface area contributed by atoms with Crippen LogP contribution in [0.15, 0.2) is 53.4 Å². The summed E-state index contributed by atoms with van der Waals surface area (Å²) in [4.78, 5) is 11.9. The maximum Gasteiger partial charge on any atom is 0.264 e. The van der Waals surface area contributed by atoms with Crippen LogP contribution in [-0.4, -0.2) is 27.5 Å². The maximum absolute atomic E-state index is 12.1. The Bertz CT molecular complexity index is 923. The van der Waals surface area contributed by atoms with Crippen LogP contribution in [0.3, 0.4) is 0 Å². The van der Waals surface area contributed by atoms with Crippen molar-refractivity contribution < 1.29 is 22.7 Å². The number of amides is 1. The number of hydrogen-bond donors (Lipinski definition) is 1. The molecule has 0 spiro atoms. The van der Waals surface area contributed by atoms with Crippen LogP contribution in [0.25, 0.3) is 6.08 Å². The van der Waals surface area contributed by atoms with Crippen molar-refractivity contribution in [1.29, 1.82) is 0 Å². The largest absolute Gasteiger partial charge is 0.486 e. The van der Waals surface area contributed by atoms with Gasteiger partial charge in [-0.05, 0) is 48.0 Å². The van der Waals surface area contributed by atoms with E-state index < -0.39 is 15.9 Å². The van der Waals surface area contributed by atoms with E-state index in [9.17, 15) is 13.2 Å². The lowest BCUT2D eigenvalue weighted by atomic mass is 10.2. The number of hydrogen-bond acceptors (Lipinski definition) is 5. The molecule has 130 valence electrons. The van der Waals surface area contributed by atoms with Gasteiger partial charge in [0.15, 0.2) is 11.5 Å². The number of carbonyl (C=O) groups excluding carboxylic acids is 1. The minimum Gasteiger partial charge on any atom is -0.486 e. The van der Waals surface area contributed by atoms with E-state index in [1.54, 1.807) is 18.2 Å². The molecular formula is C17H14ClNO5S. The molecule has 0 atom stereocenters. The highest BCUT2D eigenvalue weighted by atomic mass is 35.5. The second kappa shape index (κ2) is 7.16. The highest BCUT2D eigenvalue weighted by Crippen LogP contribution is 2.31. The van der Waals surface area contributed by atoms with Gasteiger partial charge in [-0.1, -0.05) is 17.7 Å². The Hall–Kier alpha value is -2.51. The van der Waals surface area contributed by atoms with Crippen molar-refractivity contribution in [2.75, 3.05) is 13.2 Å². The predicted octanol–water partition coefficient (Wildman–Crippen LogP) is 2.63. The van der Waals surface area contributed by atoms with Crippen molar-refractivity contribution in [3.63, 3.8) is 0 Å². The fourth-order valence-corrected chi connectivity index (χ4v) is 3.25. The third-order valence-corrected chi connectivity index (χ3v) is 4.97. The van der Waals surface area contributed by atoms with E-state index in [0.29, 0.717) is 35.3 Å². The number of sulfonamides is 1. The van der Waals surface area contributed by atoms with Crippen LogP contribution in [0.5, 0.6) is 11.5 Å². The summed E-state index contributed by atoms with van der Waals surface area (Å²) in [6, 6.07) is 10.7. The highest BCUT2D eigenvalue weighted by molar-refractivity contribution is 7.90. The standard InChI is InChI=1S/C17H14ClNO5S/c18-13-3-5-14(6-4-13)25(21,22)19-17(20)8-2-12-1-7-15-16(11-12)24-10-9-23-15/h1-8,11H,9-10H2,(H,19,20)/b8-2+. The van der Waals surface area contributed by atoms with Crippen LogP contribution in [0.2, 0.25) is 5.02 Å². The minimum absolute atomic E-state index is 0.0435. The zero-order valence-electron chi connectivity index (χ0n) is 12.9. The molecule has 0 saturated heterocycles. The fraction of sp³-hybridized carbons (Fsp3) is 0.118. The summed E-state index contributed by atoms with van der Waals surface area (Å²) >= 11 is 5.72. The number of fused-ring (bicyclic) bond motifs is 1. The average Bonchev–Trinajstić information content (AvgIpc) is 2.60. The van der Waals surface area contributed by atoms with E-state index >= 15 is 0 Å². The molecule has 25 heavy (non-hydrogen) atoms. The number of ether oxygens (including phenoxy) is 2. The van der Waals surface area contributed by atoms with E-state index in [4.69, 9.17) is 21.1 Å². The Morgan fingerprint density at radius 2 is 1.72 bits per heavy atom. The Balaban J connectivity index is 1.69. The molecular weight excluding hydrogens is 366 g/mol. The molecule has 0 radical (unpaired) electrons. The van der Waals surface area contributed by atoms with Crippen molar-refractivity contribution in [1.82, 2.24) is 4.72 Å². The van der Waals surface area contributed by atoms with Gasteiger partial charge in [0, 0.05) is 11.1 Å². The van der Waals surface area contributed by atoms with Crippen LogP contribution in [0, 0.1) is 0 Å². The second-order valence-electron chi connectivity index (χ2n) is 5.16. The number of halogens is 1. The molecule has 0 unspecified atom stereocenters. The molecule has 1 amide bonds. The molecule has 0 aromatic heterocycles. The lowest BCUT2D eigenvalue weighted by Gasteiger charge is -2.18. The van der Waals surface area contributed by atoms with Gasteiger partial charge in [-0.3, -0.25) is 4.79 Å². The van der Waals surface area contributed by atoms with Crippen molar-refractivity contribution >= 4 is 33.6 Å². The van der Waals surface area contributed by atoms with E-state index in [0.717, 1.165) is 6.08 Å². The Labute approximate surface area is 150 Å². The zero-order valence-corrected chi connectivity index (χ0v) is 14.5. The quantitative estimate of drug-likeness (QED) is 0.826. The molecule has 6 nitrogen and oxygen atoms in total. The van der Waals surface area contributed by atoms with Gasteiger partial charge < -0.3 is 9.47 Å². The third-order valence-electron chi connectivity index (χ3n) is 3.35. The Morgan fingerprint density at radius 3 is 2.44 bits per heavy atom. The van der Waals surface area contributed by atoms with Gasteiger partial charge >= 0.3 is 0 Å². The summed E-state index contributed by atoms with van der Waals surface area (Å²) in [5.74, 6) is 0.464. The summed E-state index contributed by atoms with van der Waals surface area (Å²) in [7, 11) is -3.95. The Kier molecular flexibility index (Phi) is 4.96. The van der Waals surface area contributed by atoms with Gasteiger partial charge in [-0.2, -0.15) is 0 Å². The molecule has 0 bridgehead atoms. The van der Waals surface area contributed by atoms with Crippen LogP contribution >= 0.6 is 11.6 Å². The van der Waals surface area contributed by atoms with Crippen molar-refractivity contribution in [3.05, 3.63) is 59.1 Å². The number of nitrogens with one attached hydrogen (secondary N) is 1. The first-order chi connectivity index (χ1) is 11.9. The van der Waals surface area contributed by atoms with E-state index in [-0.39, 0.29) is 4.90 Å². The van der Waals surface area contributed by atoms with Gasteiger partial charge in [-0.25, -0.2) is 13.1 Å². The summed E-state index contributed by atoms with van der Waals surface area (Å²) in [6.45, 7) is 0.952. The summed E-state index contributed by atoms with van der Waals surface area (Å²) in [5, 5.41) is 0.406. The molecule has 1 heterocycles. The third kappa shape index (κ3) is 4.32. The van der Waals surface area contributed by atoms with Crippen molar-refractivity contribution in [2.45, 2.75) is 4.90 Å². The maximum atomic E-state index is 12.1. The van der Waals surface area contributed by atoms with Crippen LogP contribution in [0.1, 0.15) is 5.56 Å². The van der Waals surface area contributed by atoms with Gasteiger partial charge in [0.25, 0.3) is 15.9 Å². The van der Waals surface area contributed by atoms with E-state index in [1.807, 2.05) is 4.72 Å². The number of rotatable bonds is 4. The normalized spacial score (nSPS) is 13.6. The first-order valence-corrected chi connectivity index (χ1v) is 9.20. The average molecular weight is 380 g/mol. The van der Waals surface area contributed by atoms with Crippen LogP contribution in [0.4, 0.5) is 0 Å². The van der Waals surface area contributed by atoms with Gasteiger partial charge in [-0.15, -0.1) is 0 Å². The topological polar surface area (TPSA) is 81.7 Å². The summed E-state index contributed by atoms with van der Waals surface area (Å²) in [5.41, 5.74) is 0.684. The highest BCUT2D eigenvalue weighted by Gasteiger charge is 2.16. The lowest BCUT2D eigenvalue weighted by molar-refractivity contribution is -0.114. The number of carbonyl (C=O) groups is 1. The van der Waals surface area contributed by atoms with E-state index in [2.05, 4.69) is 0 Å². The van der Waals surface area contributed by atoms with Crippen molar-refractivity contribution in [2.24, 2.45) is 0 Å². The van der Waals surface area contributed by atoms with E-state index in [1.165, 1.54) is 30.3 Å². The summed E-state index contributed by atoms with van der Waals surface area (Å²) < 4.78 is 37.1. The Morgan fingerprint density at radius 1 is 1.04 bits per heavy atom. The number of benzene rings is 2. The first-order valence-electron chi connectivity index (χ1n) is 7.34. The molecule has 0 saturated carbocycles. The predicted molar refractivity (Wildman–Crippen MR) is 93.2 cm³/mol. The molecule has 1 aliphatic heterocycles. The van der Waals surface area contributed by atoms with Gasteiger partial charge in [0.2, 0.25) is 0 Å². The minimum atomic E-state index is -3.95. The second-order valence-corrected chi connectivity index (χ2v) is 7.28. The van der Waals surface area contributed by atoms with Gasteiger partial charge in [0.05, 0.1) is 4.90 Å². The molecule has 2 aromatic rings. The SMILES string of the molecule is O=C(/C=C/c1ccc2c(c1)OCCO2)NS(=O)(=O)c1ccc(Cl)cc1. The zero-order chi connectivity index (χ0) is 17.9.